The van der Waals surface area contributed by atoms with Crippen molar-refractivity contribution in [3.63, 3.8) is 0 Å². The minimum Gasteiger partial charge on any atom is -0.489 e. The Labute approximate surface area is 161 Å². The van der Waals surface area contributed by atoms with E-state index in [1.807, 2.05) is 6.07 Å². The summed E-state index contributed by atoms with van der Waals surface area (Å²) in [6.07, 6.45) is 4.13. The zero-order valence-corrected chi connectivity index (χ0v) is 17.4. The van der Waals surface area contributed by atoms with E-state index >= 15 is 0 Å². The molecule has 2 aromatic rings. The van der Waals surface area contributed by atoms with Gasteiger partial charge in [-0.15, -0.1) is 0 Å². The van der Waals surface area contributed by atoms with Crippen molar-refractivity contribution in [2.24, 2.45) is 0 Å². The predicted molar refractivity (Wildman–Crippen MR) is 107 cm³/mol. The molecule has 2 heterocycles. The SMILES string of the molecule is CC(C)Oc1c(Br)cc(Br)cc1-c1ccc(CN2CCCCC2)[nH]1. The molecule has 1 aliphatic rings. The van der Waals surface area contributed by atoms with E-state index in [9.17, 15) is 0 Å². The van der Waals surface area contributed by atoms with Crippen molar-refractivity contribution in [3.05, 3.63) is 38.9 Å². The van der Waals surface area contributed by atoms with Crippen LogP contribution in [-0.4, -0.2) is 29.1 Å². The van der Waals surface area contributed by atoms with Crippen molar-refractivity contribution in [1.82, 2.24) is 9.88 Å². The smallest absolute Gasteiger partial charge is 0.143 e. The summed E-state index contributed by atoms with van der Waals surface area (Å²) in [4.78, 5) is 6.11. The van der Waals surface area contributed by atoms with Crippen LogP contribution in [0.15, 0.2) is 33.2 Å². The number of piperidine rings is 1. The fraction of sp³-hybridized carbons (Fsp3) is 0.474. The molecule has 0 spiro atoms. The number of aromatic amines is 1. The topological polar surface area (TPSA) is 28.3 Å². The third-order valence-electron chi connectivity index (χ3n) is 4.24. The van der Waals surface area contributed by atoms with E-state index in [1.54, 1.807) is 0 Å². The third-order valence-corrected chi connectivity index (χ3v) is 5.29. The van der Waals surface area contributed by atoms with Crippen LogP contribution in [0.4, 0.5) is 0 Å². The molecule has 1 aliphatic heterocycles. The first-order valence-electron chi connectivity index (χ1n) is 8.59. The van der Waals surface area contributed by atoms with Gasteiger partial charge in [-0.1, -0.05) is 22.4 Å². The van der Waals surface area contributed by atoms with Gasteiger partial charge in [0.2, 0.25) is 0 Å². The van der Waals surface area contributed by atoms with Crippen LogP contribution in [-0.2, 0) is 6.54 Å². The Hall–Kier alpha value is -0.780. The summed E-state index contributed by atoms with van der Waals surface area (Å²) in [7, 11) is 0. The average molecular weight is 456 g/mol. The molecule has 3 nitrogen and oxygen atoms in total. The van der Waals surface area contributed by atoms with Gasteiger partial charge in [-0.3, -0.25) is 4.90 Å². The Kier molecular flexibility index (Phi) is 6.06. The summed E-state index contributed by atoms with van der Waals surface area (Å²) in [5.74, 6) is 0.888. The Morgan fingerprint density at radius 2 is 1.88 bits per heavy atom. The number of ether oxygens (including phenoxy) is 1. The van der Waals surface area contributed by atoms with Crippen molar-refractivity contribution in [1.29, 1.82) is 0 Å². The number of nitrogens with zero attached hydrogens (tertiary/aromatic N) is 1. The molecule has 1 saturated heterocycles. The number of benzene rings is 1. The summed E-state index contributed by atoms with van der Waals surface area (Å²) in [5.41, 5.74) is 3.44. The molecule has 24 heavy (non-hydrogen) atoms. The number of likely N-dealkylation sites (tertiary alicyclic amines) is 1. The van der Waals surface area contributed by atoms with E-state index in [4.69, 9.17) is 4.74 Å². The largest absolute Gasteiger partial charge is 0.489 e. The number of hydrogen-bond acceptors (Lipinski definition) is 2. The molecule has 3 rings (SSSR count). The molecule has 1 fully saturated rings. The van der Waals surface area contributed by atoms with Gasteiger partial charge in [-0.2, -0.15) is 0 Å². The molecule has 0 radical (unpaired) electrons. The lowest BCUT2D eigenvalue weighted by Gasteiger charge is -2.25. The number of halogens is 2. The molecule has 0 bridgehead atoms. The summed E-state index contributed by atoms with van der Waals surface area (Å²) in [6.45, 7) is 7.51. The summed E-state index contributed by atoms with van der Waals surface area (Å²) in [5, 5.41) is 0. The second-order valence-corrected chi connectivity index (χ2v) is 8.43. The number of hydrogen-bond donors (Lipinski definition) is 1. The number of aromatic nitrogens is 1. The molecular formula is C19H24Br2N2O. The highest BCUT2D eigenvalue weighted by Gasteiger charge is 2.16. The van der Waals surface area contributed by atoms with Crippen LogP contribution in [0.1, 0.15) is 38.8 Å². The normalized spacial score (nSPS) is 15.9. The zero-order chi connectivity index (χ0) is 17.1. The van der Waals surface area contributed by atoms with Gasteiger partial charge in [0.15, 0.2) is 0 Å². The molecule has 0 atom stereocenters. The van der Waals surface area contributed by atoms with Gasteiger partial charge in [-0.05, 0) is 80.0 Å². The van der Waals surface area contributed by atoms with Gasteiger partial charge in [0, 0.05) is 28.0 Å². The molecule has 0 aliphatic carbocycles. The average Bonchev–Trinajstić information content (AvgIpc) is 2.99. The fourth-order valence-electron chi connectivity index (χ4n) is 3.16. The van der Waals surface area contributed by atoms with Crippen molar-refractivity contribution in [2.45, 2.75) is 45.8 Å². The van der Waals surface area contributed by atoms with E-state index in [0.717, 1.165) is 32.5 Å². The second kappa shape index (κ2) is 8.07. The maximum absolute atomic E-state index is 6.05. The molecule has 1 aromatic heterocycles. The molecule has 0 amide bonds. The first-order chi connectivity index (χ1) is 11.5. The molecule has 130 valence electrons. The minimum absolute atomic E-state index is 0.129. The van der Waals surface area contributed by atoms with Crippen molar-refractivity contribution in [3.8, 4) is 17.0 Å². The van der Waals surface area contributed by atoms with E-state index < -0.39 is 0 Å². The molecule has 0 saturated carbocycles. The van der Waals surface area contributed by atoms with Crippen LogP contribution in [0.5, 0.6) is 5.75 Å². The van der Waals surface area contributed by atoms with E-state index in [2.05, 4.69) is 73.8 Å². The van der Waals surface area contributed by atoms with Crippen LogP contribution >= 0.6 is 31.9 Å². The van der Waals surface area contributed by atoms with Gasteiger partial charge in [0.1, 0.15) is 5.75 Å². The number of rotatable bonds is 5. The lowest BCUT2D eigenvalue weighted by molar-refractivity contribution is 0.219. The highest BCUT2D eigenvalue weighted by atomic mass is 79.9. The maximum atomic E-state index is 6.05. The monoisotopic (exact) mass is 454 g/mol. The zero-order valence-electron chi connectivity index (χ0n) is 14.2. The van der Waals surface area contributed by atoms with E-state index in [-0.39, 0.29) is 6.10 Å². The van der Waals surface area contributed by atoms with Crippen molar-refractivity contribution in [2.75, 3.05) is 13.1 Å². The predicted octanol–water partition coefficient (Wildman–Crippen LogP) is 5.98. The third kappa shape index (κ3) is 4.44. The summed E-state index contributed by atoms with van der Waals surface area (Å²) < 4.78 is 8.05. The maximum Gasteiger partial charge on any atom is 0.143 e. The van der Waals surface area contributed by atoms with Gasteiger partial charge in [0.05, 0.1) is 10.6 Å². The van der Waals surface area contributed by atoms with E-state index in [0.29, 0.717) is 0 Å². The highest BCUT2D eigenvalue weighted by Crippen LogP contribution is 2.39. The molecule has 1 N–H and O–H groups in total. The minimum atomic E-state index is 0.129. The standard InChI is InChI=1S/C19H24Br2N2O/c1-13(2)24-19-16(10-14(20)11-17(19)21)18-7-6-15(22-18)12-23-8-4-3-5-9-23/h6-7,10-11,13,22H,3-5,8-9,12H2,1-2H3. The van der Waals surface area contributed by atoms with E-state index in [1.165, 1.54) is 38.0 Å². The number of nitrogens with one attached hydrogen (secondary N) is 1. The van der Waals surface area contributed by atoms with Crippen LogP contribution in [0.3, 0.4) is 0 Å². The summed E-state index contributed by atoms with van der Waals surface area (Å²) in [6, 6.07) is 8.48. The van der Waals surface area contributed by atoms with Gasteiger partial charge < -0.3 is 9.72 Å². The molecular weight excluding hydrogens is 432 g/mol. The molecule has 0 unspecified atom stereocenters. The van der Waals surface area contributed by atoms with Gasteiger partial charge in [0.25, 0.3) is 0 Å². The van der Waals surface area contributed by atoms with Gasteiger partial charge >= 0.3 is 0 Å². The van der Waals surface area contributed by atoms with Crippen molar-refractivity contribution >= 4 is 31.9 Å². The number of H-pyrrole nitrogens is 1. The van der Waals surface area contributed by atoms with Crippen LogP contribution in [0.2, 0.25) is 0 Å². The first kappa shape index (κ1) is 18.0. The lowest BCUT2D eigenvalue weighted by atomic mass is 10.1. The second-order valence-electron chi connectivity index (χ2n) is 6.66. The van der Waals surface area contributed by atoms with Gasteiger partial charge in [-0.25, -0.2) is 0 Å². The summed E-state index contributed by atoms with van der Waals surface area (Å²) >= 11 is 7.22. The highest BCUT2D eigenvalue weighted by molar-refractivity contribution is 9.11. The Balaban J connectivity index is 1.86. The lowest BCUT2D eigenvalue weighted by Crippen LogP contribution is -2.29. The molecule has 1 aromatic carbocycles. The Morgan fingerprint density at radius 3 is 2.58 bits per heavy atom. The Bertz CT molecular complexity index is 691. The van der Waals surface area contributed by atoms with Crippen molar-refractivity contribution < 1.29 is 4.74 Å². The Morgan fingerprint density at radius 1 is 1.12 bits per heavy atom. The molecule has 5 heteroatoms. The fourth-order valence-corrected chi connectivity index (χ4v) is 4.48. The first-order valence-corrected chi connectivity index (χ1v) is 10.2. The quantitative estimate of drug-likeness (QED) is 0.600. The van der Waals surface area contributed by atoms with Crippen LogP contribution in [0.25, 0.3) is 11.3 Å². The van der Waals surface area contributed by atoms with Crippen LogP contribution in [0, 0.1) is 0 Å². The van der Waals surface area contributed by atoms with Crippen LogP contribution < -0.4 is 4.74 Å².